The van der Waals surface area contributed by atoms with E-state index < -0.39 is 0 Å². The van der Waals surface area contributed by atoms with Crippen LogP contribution >= 0.6 is 0 Å². The molecule has 10 N–H and O–H groups in total. The molecule has 56 heavy (non-hydrogen) atoms. The Kier molecular flexibility index (Phi) is 24.3. The maximum Gasteiger partial charge on any atom is 0.264 e. The minimum atomic E-state index is -0.221. The van der Waals surface area contributed by atoms with Crippen LogP contribution in [0.3, 0.4) is 0 Å². The van der Waals surface area contributed by atoms with Crippen molar-refractivity contribution in [1.29, 1.82) is 0 Å². The molecule has 0 unspecified atom stereocenters. The molecule has 2 heterocycles. The Morgan fingerprint density at radius 1 is 0.482 bits per heavy atom. The predicted molar refractivity (Wildman–Crippen MR) is 223 cm³/mol. The van der Waals surface area contributed by atoms with Gasteiger partial charge in [-0.05, 0) is 25.7 Å². The summed E-state index contributed by atoms with van der Waals surface area (Å²) in [6.45, 7) is 8.39. The van der Waals surface area contributed by atoms with Gasteiger partial charge in [-0.1, -0.05) is 128 Å². The fourth-order valence-corrected chi connectivity index (χ4v) is 5.50. The van der Waals surface area contributed by atoms with Crippen molar-refractivity contribution in [2.24, 2.45) is 20.5 Å². The first-order valence-electron chi connectivity index (χ1n) is 19.5. The summed E-state index contributed by atoms with van der Waals surface area (Å²) in [7, 11) is 0. The average Bonchev–Trinajstić information content (AvgIpc) is 3.73. The molecule has 0 aliphatic rings. The summed E-state index contributed by atoms with van der Waals surface area (Å²) in [5.74, 6) is 1.69. The number of unbranched alkanes of at least 4 members (excludes halogenated alkanes) is 8. The van der Waals surface area contributed by atoms with Gasteiger partial charge in [0.1, 0.15) is 11.6 Å². The van der Waals surface area contributed by atoms with Crippen LogP contribution in [-0.2, 0) is 19.2 Å². The molecule has 0 spiro atoms. The lowest BCUT2D eigenvalue weighted by molar-refractivity contribution is -0.121. The smallest absolute Gasteiger partial charge is 0.264 e. The zero-order chi connectivity index (χ0) is 39.0. The number of carbonyl (C=O) groups is 4. The van der Waals surface area contributed by atoms with Crippen molar-refractivity contribution in [1.82, 2.24) is 20.8 Å². The lowest BCUT2D eigenvalue weighted by Crippen LogP contribution is -2.29. The summed E-state index contributed by atoms with van der Waals surface area (Å²) in [6, 6.07) is 15.2. The van der Waals surface area contributed by atoms with Crippen molar-refractivity contribution < 1.29 is 30.1 Å². The van der Waals surface area contributed by atoms with Crippen LogP contribution < -0.4 is 21.7 Å². The first-order valence-corrected chi connectivity index (χ1v) is 19.5. The van der Waals surface area contributed by atoms with Crippen LogP contribution in [-0.4, -0.2) is 44.5 Å². The summed E-state index contributed by atoms with van der Waals surface area (Å²) < 4.78 is 0. The van der Waals surface area contributed by atoms with Crippen molar-refractivity contribution in [3.63, 3.8) is 0 Å². The number of azo groups is 2. The van der Waals surface area contributed by atoms with E-state index in [1.54, 1.807) is 0 Å². The third-order valence-corrected chi connectivity index (χ3v) is 8.57. The van der Waals surface area contributed by atoms with Gasteiger partial charge in [-0.15, -0.1) is 20.5 Å². The van der Waals surface area contributed by atoms with E-state index in [1.165, 1.54) is 0 Å². The first kappa shape index (κ1) is 48.5. The highest BCUT2D eigenvalue weighted by Crippen LogP contribution is 2.33. The van der Waals surface area contributed by atoms with E-state index in [9.17, 15) is 19.2 Å². The van der Waals surface area contributed by atoms with E-state index in [4.69, 9.17) is 0 Å². The number of rotatable bonds is 22. The highest BCUT2D eigenvalue weighted by atomic mass is 16.2. The second kappa shape index (κ2) is 28.0. The predicted octanol–water partition coefficient (Wildman–Crippen LogP) is 9.11. The van der Waals surface area contributed by atoms with E-state index in [-0.39, 0.29) is 34.6 Å². The van der Waals surface area contributed by atoms with Crippen LogP contribution in [0.5, 0.6) is 0 Å². The molecule has 0 bridgehead atoms. The summed E-state index contributed by atoms with van der Waals surface area (Å²) in [5, 5.41) is 19.2. The molecule has 4 rings (SSSR count). The zero-order valence-electron chi connectivity index (χ0n) is 33.4. The summed E-state index contributed by atoms with van der Waals surface area (Å²) in [4.78, 5) is 53.6. The number of nitrogens with one attached hydrogen (secondary N) is 6. The second-order valence-electron chi connectivity index (χ2n) is 13.2. The number of nitrogens with zero attached hydrogens (tertiary/aromatic N) is 4. The highest BCUT2D eigenvalue weighted by molar-refractivity contribution is 6.01. The van der Waals surface area contributed by atoms with E-state index in [1.807, 2.05) is 48.5 Å². The monoisotopic (exact) mass is 778 g/mol. The SMILES string of the molecule is CCCCCC(=O)N=Nc1[nH]c(NNC(=O)CCCCC)c2ccccc12.CCCCCC(=O)N=Nc1[nH]c(NNC(=O)CCCCC)c2ccccc12.O.O. The number of anilines is 2. The van der Waals surface area contributed by atoms with E-state index >= 15 is 0 Å². The molecule has 16 heteroatoms. The van der Waals surface area contributed by atoms with Gasteiger partial charge in [0, 0.05) is 47.2 Å². The third kappa shape index (κ3) is 16.9. The van der Waals surface area contributed by atoms with E-state index in [0.29, 0.717) is 49.0 Å². The molecule has 0 atom stereocenters. The Bertz CT molecular complexity index is 1700. The molecule has 0 saturated carbocycles. The number of aromatic nitrogens is 2. The number of benzene rings is 2. The Morgan fingerprint density at radius 2 is 0.804 bits per heavy atom. The summed E-state index contributed by atoms with van der Waals surface area (Å²) in [5.41, 5.74) is 11.3. The maximum absolute atomic E-state index is 11.9. The molecule has 0 saturated heterocycles. The Balaban J connectivity index is 0.000000541. The molecular weight excluding hydrogens is 717 g/mol. The number of fused-ring (bicyclic) bond motifs is 2. The molecule has 0 radical (unpaired) electrons. The molecule has 0 aliphatic heterocycles. The van der Waals surface area contributed by atoms with Crippen molar-refractivity contribution in [3.05, 3.63) is 48.5 Å². The molecule has 2 aromatic carbocycles. The van der Waals surface area contributed by atoms with Crippen LogP contribution in [0.4, 0.5) is 23.3 Å². The van der Waals surface area contributed by atoms with Gasteiger partial charge >= 0.3 is 0 Å². The molecule has 0 aliphatic carbocycles. The van der Waals surface area contributed by atoms with E-state index in [2.05, 4.69) is 79.8 Å². The van der Waals surface area contributed by atoms with Gasteiger partial charge in [0.15, 0.2) is 11.6 Å². The van der Waals surface area contributed by atoms with Gasteiger partial charge < -0.3 is 20.9 Å². The van der Waals surface area contributed by atoms with Gasteiger partial charge in [0.2, 0.25) is 11.8 Å². The molecule has 0 fully saturated rings. The fraction of sp³-hybridized carbons (Fsp3) is 0.500. The number of hydrogen-bond donors (Lipinski definition) is 6. The van der Waals surface area contributed by atoms with Crippen LogP contribution in [0.15, 0.2) is 69.0 Å². The van der Waals surface area contributed by atoms with Gasteiger partial charge in [0.25, 0.3) is 11.8 Å². The lowest BCUT2D eigenvalue weighted by atomic mass is 10.2. The van der Waals surface area contributed by atoms with Crippen LogP contribution in [0.1, 0.15) is 130 Å². The quantitative estimate of drug-likeness (QED) is 0.0257. The maximum atomic E-state index is 11.9. The summed E-state index contributed by atoms with van der Waals surface area (Å²) in [6.07, 6.45) is 13.6. The molecule has 308 valence electrons. The first-order chi connectivity index (χ1) is 26.3. The third-order valence-electron chi connectivity index (χ3n) is 8.57. The molecule has 4 amide bonds. The van der Waals surface area contributed by atoms with Crippen molar-refractivity contribution in [2.45, 2.75) is 130 Å². The Labute approximate surface area is 329 Å². The summed E-state index contributed by atoms with van der Waals surface area (Å²) >= 11 is 0. The van der Waals surface area contributed by atoms with Crippen LogP contribution in [0, 0.1) is 0 Å². The highest BCUT2D eigenvalue weighted by Gasteiger charge is 2.13. The van der Waals surface area contributed by atoms with Crippen molar-refractivity contribution >= 4 is 68.4 Å². The molecule has 4 aromatic rings. The molecular formula is C40H62N10O6. The average molecular weight is 779 g/mol. The number of H-pyrrole nitrogens is 2. The standard InChI is InChI=1S/2C20H29N5O2.2H2O/c2*1-3-5-7-13-17(26)22-24-19-15-11-9-10-12-16(15)20(21-19)25-23-18(27)14-8-6-4-2;;/h2*9-12,21,24H,3-8,13-14H2,1-2H3,(H,22,26);2*1H2. The van der Waals surface area contributed by atoms with E-state index in [0.717, 1.165) is 98.6 Å². The number of hydrogen-bond acceptors (Lipinski definition) is 8. The largest absolute Gasteiger partial charge is 0.412 e. The van der Waals surface area contributed by atoms with Gasteiger partial charge in [-0.25, -0.2) is 0 Å². The number of aromatic amines is 2. The minimum Gasteiger partial charge on any atom is -0.412 e. The molecule has 2 aromatic heterocycles. The normalized spacial score (nSPS) is 10.8. The van der Waals surface area contributed by atoms with Crippen molar-refractivity contribution in [2.75, 3.05) is 10.9 Å². The Hall–Kier alpha value is -5.48. The molecule has 16 nitrogen and oxygen atoms in total. The van der Waals surface area contributed by atoms with Crippen molar-refractivity contribution in [3.8, 4) is 0 Å². The van der Waals surface area contributed by atoms with Crippen LogP contribution in [0.2, 0.25) is 0 Å². The van der Waals surface area contributed by atoms with Gasteiger partial charge in [0.05, 0.1) is 0 Å². The zero-order valence-corrected chi connectivity index (χ0v) is 33.4. The van der Waals surface area contributed by atoms with Crippen LogP contribution in [0.25, 0.3) is 21.5 Å². The fourth-order valence-electron chi connectivity index (χ4n) is 5.50. The minimum absolute atomic E-state index is 0. The van der Waals surface area contributed by atoms with Gasteiger partial charge in [-0.2, -0.15) is 0 Å². The number of amides is 4. The number of hydrazine groups is 2. The topological polar surface area (TPSA) is 260 Å². The Morgan fingerprint density at radius 3 is 1.14 bits per heavy atom. The van der Waals surface area contributed by atoms with Gasteiger partial charge in [-0.3, -0.25) is 40.9 Å². The second-order valence-corrected chi connectivity index (χ2v) is 13.2. The number of carbonyl (C=O) groups excluding carboxylic acids is 4. The lowest BCUT2D eigenvalue weighted by Gasteiger charge is -2.07.